The Bertz CT molecular complexity index is 454. The van der Waals surface area contributed by atoms with Crippen LogP contribution >= 0.6 is 0 Å². The number of alkyl halides is 1. The maximum Gasteiger partial charge on any atom is 0.408 e. The number of aliphatic hydroxyl groups is 1. The third kappa shape index (κ3) is 5.71. The first-order chi connectivity index (χ1) is 9.76. The van der Waals surface area contributed by atoms with Crippen LogP contribution in [0.5, 0.6) is 0 Å². The molecule has 2 N–H and O–H groups in total. The lowest BCUT2D eigenvalue weighted by Gasteiger charge is -2.25. The summed E-state index contributed by atoms with van der Waals surface area (Å²) in [6, 6.07) is 6.20. The molecule has 0 aromatic heterocycles. The fourth-order valence-electron chi connectivity index (χ4n) is 1.84. The number of hydrogen-bond acceptors (Lipinski definition) is 3. The lowest BCUT2D eigenvalue weighted by atomic mass is 10.0. The molecule has 0 aliphatic carbocycles. The van der Waals surface area contributed by atoms with Crippen LogP contribution in [0.4, 0.5) is 9.18 Å². The van der Waals surface area contributed by atoms with Gasteiger partial charge < -0.3 is 15.2 Å². The van der Waals surface area contributed by atoms with E-state index < -0.39 is 30.5 Å². The van der Waals surface area contributed by atoms with Crippen molar-refractivity contribution in [3.8, 4) is 0 Å². The van der Waals surface area contributed by atoms with Gasteiger partial charge in [-0.3, -0.25) is 0 Å². The van der Waals surface area contributed by atoms with Gasteiger partial charge in [0.25, 0.3) is 0 Å². The van der Waals surface area contributed by atoms with Gasteiger partial charge in [0.15, 0.2) is 0 Å². The molecule has 2 unspecified atom stereocenters. The fraction of sp³-hybridized carbons (Fsp3) is 0.562. The summed E-state index contributed by atoms with van der Waals surface area (Å²) in [6.45, 7) is 6.31. The van der Waals surface area contributed by atoms with Crippen LogP contribution in [0.2, 0.25) is 0 Å². The summed E-state index contributed by atoms with van der Waals surface area (Å²) in [6.07, 6.45) is -0.971. The predicted octanol–water partition coefficient (Wildman–Crippen LogP) is 3.15. The molecule has 0 bridgehead atoms. The minimum atomic E-state index is -1.12. The Morgan fingerprint density at radius 3 is 2.33 bits per heavy atom. The Morgan fingerprint density at radius 1 is 1.33 bits per heavy atom. The fourth-order valence-corrected chi connectivity index (χ4v) is 1.84. The summed E-state index contributed by atoms with van der Waals surface area (Å²) < 4.78 is 18.2. The molecule has 0 heterocycles. The van der Waals surface area contributed by atoms with Crippen LogP contribution in [0.1, 0.15) is 44.9 Å². The number of carbonyl (C=O) groups excluding carboxylic acids is 1. The van der Waals surface area contributed by atoms with Crippen molar-refractivity contribution in [2.75, 3.05) is 6.67 Å². The zero-order valence-corrected chi connectivity index (χ0v) is 13.0. The highest BCUT2D eigenvalue weighted by Gasteiger charge is 2.25. The summed E-state index contributed by atoms with van der Waals surface area (Å²) in [5.41, 5.74) is 1.02. The largest absolute Gasteiger partial charge is 0.444 e. The first-order valence-corrected chi connectivity index (χ1v) is 7.09. The molecule has 0 saturated heterocycles. The van der Waals surface area contributed by atoms with Crippen molar-refractivity contribution < 1.29 is 19.0 Å². The van der Waals surface area contributed by atoms with E-state index in [9.17, 15) is 14.3 Å². The van der Waals surface area contributed by atoms with E-state index in [1.54, 1.807) is 32.9 Å². The molecule has 5 heteroatoms. The normalized spacial score (nSPS) is 14.4. The lowest BCUT2D eigenvalue weighted by Crippen LogP contribution is -2.43. The first kappa shape index (κ1) is 17.4. The first-order valence-electron chi connectivity index (χ1n) is 7.09. The second kappa shape index (κ2) is 7.41. The molecule has 1 amide bonds. The Balaban J connectivity index is 2.71. The van der Waals surface area contributed by atoms with Crippen molar-refractivity contribution in [3.05, 3.63) is 35.4 Å². The molecule has 0 aliphatic heterocycles. The van der Waals surface area contributed by atoms with E-state index in [0.29, 0.717) is 5.56 Å². The molecule has 0 fully saturated rings. The highest BCUT2D eigenvalue weighted by atomic mass is 19.1. The maximum absolute atomic E-state index is 13.1. The average molecular weight is 297 g/mol. The van der Waals surface area contributed by atoms with Gasteiger partial charge in [0.05, 0.1) is 6.04 Å². The Hall–Kier alpha value is -1.62. The topological polar surface area (TPSA) is 58.6 Å². The van der Waals surface area contributed by atoms with Gasteiger partial charge in [-0.2, -0.15) is 0 Å². The maximum atomic E-state index is 13.1. The number of alkyl carbamates (subject to hydrolysis) is 1. The molecule has 2 atom stereocenters. The molecule has 21 heavy (non-hydrogen) atoms. The second-order valence-electron chi connectivity index (χ2n) is 5.95. The molecule has 118 valence electrons. The average Bonchev–Trinajstić information content (AvgIpc) is 2.42. The molecule has 4 nitrogen and oxygen atoms in total. The molecular formula is C16H24FNO3. The van der Waals surface area contributed by atoms with Crippen LogP contribution < -0.4 is 5.32 Å². The summed E-state index contributed by atoms with van der Waals surface area (Å²) in [4.78, 5) is 11.7. The highest BCUT2D eigenvalue weighted by molar-refractivity contribution is 5.68. The molecule has 1 aromatic rings. The van der Waals surface area contributed by atoms with Crippen LogP contribution in [0.15, 0.2) is 24.3 Å². The summed E-state index contributed by atoms with van der Waals surface area (Å²) in [7, 11) is 0. The third-order valence-corrected chi connectivity index (χ3v) is 2.98. The Morgan fingerprint density at radius 2 is 1.90 bits per heavy atom. The molecule has 0 spiro atoms. The van der Waals surface area contributed by atoms with Crippen LogP contribution in [0.3, 0.4) is 0 Å². The van der Waals surface area contributed by atoms with E-state index in [2.05, 4.69) is 5.32 Å². The number of carbonyl (C=O) groups is 1. The van der Waals surface area contributed by atoms with Crippen LogP contribution in [-0.4, -0.2) is 29.5 Å². The van der Waals surface area contributed by atoms with Crippen molar-refractivity contribution >= 4 is 6.09 Å². The summed E-state index contributed by atoms with van der Waals surface area (Å²) in [5, 5.41) is 12.5. The monoisotopic (exact) mass is 297 g/mol. The van der Waals surface area contributed by atoms with Crippen molar-refractivity contribution in [1.82, 2.24) is 5.32 Å². The number of ether oxygens (including phenoxy) is 1. The molecule has 1 rings (SSSR count). The molecule has 0 radical (unpaired) electrons. The van der Waals surface area contributed by atoms with Crippen molar-refractivity contribution in [2.24, 2.45) is 0 Å². The van der Waals surface area contributed by atoms with Gasteiger partial charge in [-0.05, 0) is 38.3 Å². The Labute approximate surface area is 125 Å². The SMILES string of the molecule is CCc1ccc(C(O)C(CF)NC(=O)OC(C)(C)C)cc1. The van der Waals surface area contributed by atoms with Gasteiger partial charge in [-0.25, -0.2) is 9.18 Å². The molecule has 1 aromatic carbocycles. The number of aliphatic hydroxyl groups excluding tert-OH is 1. The number of hydrogen-bond donors (Lipinski definition) is 2. The zero-order valence-electron chi connectivity index (χ0n) is 13.0. The van der Waals surface area contributed by atoms with Crippen molar-refractivity contribution in [1.29, 1.82) is 0 Å². The van der Waals surface area contributed by atoms with E-state index in [1.807, 2.05) is 19.1 Å². The van der Waals surface area contributed by atoms with E-state index in [1.165, 1.54) is 0 Å². The number of rotatable bonds is 5. The van der Waals surface area contributed by atoms with E-state index in [0.717, 1.165) is 12.0 Å². The van der Waals surface area contributed by atoms with Crippen LogP contribution in [0.25, 0.3) is 0 Å². The van der Waals surface area contributed by atoms with Gasteiger partial charge in [0, 0.05) is 0 Å². The van der Waals surface area contributed by atoms with Crippen LogP contribution in [-0.2, 0) is 11.2 Å². The van der Waals surface area contributed by atoms with Gasteiger partial charge in [0.2, 0.25) is 0 Å². The van der Waals surface area contributed by atoms with Gasteiger partial charge in [-0.1, -0.05) is 31.2 Å². The lowest BCUT2D eigenvalue weighted by molar-refractivity contribution is 0.0396. The van der Waals surface area contributed by atoms with E-state index in [4.69, 9.17) is 4.74 Å². The molecule has 0 saturated carbocycles. The smallest absolute Gasteiger partial charge is 0.408 e. The number of halogens is 1. The van der Waals surface area contributed by atoms with Crippen LogP contribution in [0, 0.1) is 0 Å². The molecule has 0 aliphatic rings. The second-order valence-corrected chi connectivity index (χ2v) is 5.95. The van der Waals surface area contributed by atoms with Gasteiger partial charge in [0.1, 0.15) is 18.4 Å². The number of amides is 1. The predicted molar refractivity (Wildman–Crippen MR) is 79.9 cm³/mol. The summed E-state index contributed by atoms with van der Waals surface area (Å²) in [5.74, 6) is 0. The number of nitrogens with one attached hydrogen (secondary N) is 1. The van der Waals surface area contributed by atoms with Gasteiger partial charge in [-0.15, -0.1) is 0 Å². The summed E-state index contributed by atoms with van der Waals surface area (Å²) >= 11 is 0. The quantitative estimate of drug-likeness (QED) is 0.877. The molecular weight excluding hydrogens is 273 g/mol. The minimum absolute atomic E-state index is 0.561. The van der Waals surface area contributed by atoms with Gasteiger partial charge >= 0.3 is 6.09 Å². The number of benzene rings is 1. The number of aryl methyl sites for hydroxylation is 1. The minimum Gasteiger partial charge on any atom is -0.444 e. The Kier molecular flexibility index (Phi) is 6.15. The zero-order chi connectivity index (χ0) is 16.0. The highest BCUT2D eigenvalue weighted by Crippen LogP contribution is 2.19. The van der Waals surface area contributed by atoms with Crippen molar-refractivity contribution in [2.45, 2.75) is 51.9 Å². The standard InChI is InChI=1S/C16H24FNO3/c1-5-11-6-8-12(9-7-11)14(19)13(10-17)18-15(20)21-16(2,3)4/h6-9,13-14,19H,5,10H2,1-4H3,(H,18,20). The van der Waals surface area contributed by atoms with E-state index in [-0.39, 0.29) is 0 Å². The van der Waals surface area contributed by atoms with Crippen molar-refractivity contribution in [3.63, 3.8) is 0 Å². The third-order valence-electron chi connectivity index (χ3n) is 2.98. The van der Waals surface area contributed by atoms with E-state index >= 15 is 0 Å².